The molecule has 5 N–H and O–H groups in total. The first-order valence-corrected chi connectivity index (χ1v) is 36.7. The fraction of sp³-hybridized carbons (Fsp3) is 0.812. The number of aliphatic hydroxyl groups is 1. The molecule has 0 radical (unpaired) electrons. The van der Waals surface area contributed by atoms with Gasteiger partial charge in [-0.05, 0) is 114 Å². The number of carbonyl (C=O) groups is 11. The Kier molecular flexibility index (Phi) is 34.8. The van der Waals surface area contributed by atoms with Crippen molar-refractivity contribution in [1.29, 1.82) is 0 Å². The molecule has 0 bridgehead atoms. The van der Waals surface area contributed by atoms with Crippen molar-refractivity contribution in [3.05, 3.63) is 12.2 Å². The Labute approximate surface area is 580 Å². The summed E-state index contributed by atoms with van der Waals surface area (Å²) < 4.78 is 26.3. The molecule has 11 amide bonds. The molecule has 2 saturated heterocycles. The molecule has 28 heteroatoms. The number of hydrogen-bond donors (Lipinski definition) is 5. The SMILES string of the molecule is C/C=C/C[C@@H](C)[C@@H](O)[C@H]1C(=O)N[C@@H](CC)C(=O)N(C)[C@H](C)C(=O)N(C)[C@@H]([C@H](C)CN2CCN(S(C)(=O)=O)CC2)C(=O)N[C@@H](C(C)C)C(=O)N(C)[C@@H](CCC(C)C)C(=O)N[C@@H](C)C(=O)N[C@H](C)C(=O)N(C)[C@@H](CC(C)C)C(=O)N(C)[C@@H](CCC(C)C)C(=O)N(C)[C@@H](C(C)C)C(=O)N1C. The highest BCUT2D eigenvalue weighted by molar-refractivity contribution is 7.88. The van der Waals surface area contributed by atoms with Gasteiger partial charge < -0.3 is 65.6 Å². The fourth-order valence-corrected chi connectivity index (χ4v) is 13.6. The lowest BCUT2D eigenvalue weighted by atomic mass is 9.91. The van der Waals surface area contributed by atoms with Gasteiger partial charge in [-0.25, -0.2) is 8.42 Å². The van der Waals surface area contributed by atoms with E-state index in [0.717, 1.165) is 16.1 Å². The van der Waals surface area contributed by atoms with Gasteiger partial charge in [-0.1, -0.05) is 102 Å². The van der Waals surface area contributed by atoms with E-state index < -0.39 is 171 Å². The minimum absolute atomic E-state index is 0.0289. The third-order valence-corrected chi connectivity index (χ3v) is 20.6. The maximum absolute atomic E-state index is 15.3. The molecule has 97 heavy (non-hydrogen) atoms. The second kappa shape index (κ2) is 38.9. The van der Waals surface area contributed by atoms with Crippen molar-refractivity contribution < 1.29 is 66.3 Å². The van der Waals surface area contributed by atoms with Crippen LogP contribution < -0.4 is 21.3 Å². The highest BCUT2D eigenvalue weighted by Gasteiger charge is 2.47. The van der Waals surface area contributed by atoms with Crippen LogP contribution in [-0.2, 0) is 62.8 Å². The molecule has 2 heterocycles. The van der Waals surface area contributed by atoms with Crippen LogP contribution in [0.15, 0.2) is 12.2 Å². The van der Waals surface area contributed by atoms with E-state index in [2.05, 4.69) is 21.3 Å². The zero-order chi connectivity index (χ0) is 74.7. The predicted molar refractivity (Wildman–Crippen MR) is 375 cm³/mol. The molecular formula is C69H125N13O14S. The number of rotatable bonds is 19. The first-order chi connectivity index (χ1) is 44.8. The first kappa shape index (κ1) is 86.8. The number of allylic oxidation sites excluding steroid dienone is 2. The quantitative estimate of drug-likeness (QED) is 0.116. The lowest BCUT2D eigenvalue weighted by molar-refractivity contribution is -0.157. The van der Waals surface area contributed by atoms with E-state index in [1.807, 2.05) is 46.4 Å². The maximum atomic E-state index is 15.3. The number of hydrogen-bond acceptors (Lipinski definition) is 15. The molecule has 2 aliphatic rings. The average molecular weight is 1390 g/mol. The number of piperazine rings is 1. The van der Waals surface area contributed by atoms with Gasteiger partial charge in [0.25, 0.3) is 0 Å². The van der Waals surface area contributed by atoms with Crippen molar-refractivity contribution in [3.8, 4) is 0 Å². The normalized spacial score (nSPS) is 27.6. The number of sulfonamides is 1. The van der Waals surface area contributed by atoms with Crippen LogP contribution in [-0.4, -0.2) is 283 Å². The Hall–Kier alpha value is -6.26. The number of likely N-dealkylation sites (N-methyl/N-ethyl adjacent to an activating group) is 7. The molecule has 0 aromatic heterocycles. The summed E-state index contributed by atoms with van der Waals surface area (Å²) in [6.07, 6.45) is 4.77. The highest BCUT2D eigenvalue weighted by atomic mass is 32.2. The first-order valence-electron chi connectivity index (χ1n) is 34.9. The smallest absolute Gasteiger partial charge is 0.246 e. The van der Waals surface area contributed by atoms with Crippen molar-refractivity contribution in [2.75, 3.05) is 88.3 Å². The third kappa shape index (κ3) is 24.0. The zero-order valence-electron chi connectivity index (χ0n) is 63.3. The zero-order valence-corrected chi connectivity index (χ0v) is 64.1. The number of nitrogens with one attached hydrogen (secondary N) is 4. The van der Waals surface area contributed by atoms with Crippen LogP contribution in [0.4, 0.5) is 0 Å². The molecule has 27 nitrogen and oxygen atoms in total. The van der Waals surface area contributed by atoms with E-state index in [0.29, 0.717) is 25.9 Å². The van der Waals surface area contributed by atoms with Crippen LogP contribution in [0.2, 0.25) is 0 Å². The van der Waals surface area contributed by atoms with E-state index in [9.17, 15) is 32.7 Å². The van der Waals surface area contributed by atoms with Crippen molar-refractivity contribution in [2.45, 2.75) is 235 Å². The molecule has 0 spiro atoms. The Balaban J connectivity index is 3.09. The van der Waals surface area contributed by atoms with E-state index in [1.54, 1.807) is 67.5 Å². The number of aliphatic hydroxyl groups excluding tert-OH is 1. The third-order valence-electron chi connectivity index (χ3n) is 19.3. The molecule has 2 aliphatic heterocycles. The maximum Gasteiger partial charge on any atom is 0.246 e. The van der Waals surface area contributed by atoms with Crippen LogP contribution in [0.5, 0.6) is 0 Å². The lowest BCUT2D eigenvalue weighted by Gasteiger charge is -2.41. The topological polar surface area (TPSA) is 319 Å². The summed E-state index contributed by atoms with van der Waals surface area (Å²) in [6, 6.07) is -14.3. The van der Waals surface area contributed by atoms with Gasteiger partial charge in [-0.3, -0.25) is 52.7 Å². The average Bonchev–Trinajstić information content (AvgIpc) is 0.819. The summed E-state index contributed by atoms with van der Waals surface area (Å²) in [5, 5.41) is 23.4. The molecule has 0 saturated carbocycles. The summed E-state index contributed by atoms with van der Waals surface area (Å²) >= 11 is 0. The largest absolute Gasteiger partial charge is 0.390 e. The molecular weight excluding hydrogens is 1270 g/mol. The van der Waals surface area contributed by atoms with Gasteiger partial charge in [-0.2, -0.15) is 4.31 Å². The molecule has 0 unspecified atom stereocenters. The molecule has 556 valence electrons. The Morgan fingerprint density at radius 2 is 0.969 bits per heavy atom. The van der Waals surface area contributed by atoms with E-state index >= 15 is 33.6 Å². The lowest BCUT2D eigenvalue weighted by Crippen LogP contribution is -2.64. The monoisotopic (exact) mass is 1390 g/mol. The summed E-state index contributed by atoms with van der Waals surface area (Å²) in [6.45, 7) is 30.7. The molecule has 2 rings (SSSR count). The van der Waals surface area contributed by atoms with Crippen molar-refractivity contribution in [3.63, 3.8) is 0 Å². The highest BCUT2D eigenvalue weighted by Crippen LogP contribution is 2.27. The van der Waals surface area contributed by atoms with Crippen LogP contribution in [0.25, 0.3) is 0 Å². The molecule has 0 aliphatic carbocycles. The van der Waals surface area contributed by atoms with E-state index in [1.165, 1.54) is 98.9 Å². The van der Waals surface area contributed by atoms with E-state index in [-0.39, 0.29) is 69.5 Å². The van der Waals surface area contributed by atoms with Gasteiger partial charge in [0.2, 0.25) is 75.0 Å². The minimum Gasteiger partial charge on any atom is -0.390 e. The Morgan fingerprint density at radius 1 is 0.495 bits per heavy atom. The number of carbonyl (C=O) groups excluding carboxylic acids is 11. The van der Waals surface area contributed by atoms with Gasteiger partial charge in [0.1, 0.15) is 66.5 Å². The number of nitrogens with zero attached hydrogens (tertiary/aromatic N) is 9. The summed E-state index contributed by atoms with van der Waals surface area (Å²) in [7, 11) is 6.38. The summed E-state index contributed by atoms with van der Waals surface area (Å²) in [5.41, 5.74) is 0. The van der Waals surface area contributed by atoms with Gasteiger partial charge in [0, 0.05) is 82.1 Å². The number of amides is 11. The second-order valence-electron chi connectivity index (χ2n) is 29.4. The van der Waals surface area contributed by atoms with Gasteiger partial charge in [0.05, 0.1) is 12.4 Å². The molecule has 0 aromatic rings. The molecule has 2 fully saturated rings. The van der Waals surface area contributed by atoms with Crippen LogP contribution in [0.3, 0.4) is 0 Å². The molecule has 0 aromatic carbocycles. The summed E-state index contributed by atoms with van der Waals surface area (Å²) in [4.78, 5) is 175. The summed E-state index contributed by atoms with van der Waals surface area (Å²) in [5.74, 6) is -10.4. The standard InChI is InChI=1S/C69H125N13O14S/c1-26-28-29-45(13)58(83)57-62(87)72-50(27-2)65(90)74(18)49(17)64(89)79(23)56(46(14)39-81-34-36-82(37-35-81)97(25,95)96)61(86)73-54(43(9)10)68(93)75(19)51(32-30-40(3)4)60(85)70-47(15)59(84)71-48(16)63(88)77(21)53(38-42(7)8)67(92)76(20)52(33-31-41(5)6)66(91)78(22)55(44(11)12)69(94)80(57)24/h26,28,40-58,83H,27,29-39H2,1-25H3,(H,70,85)(H,71,84)(H,72,87)(H,73,86)/b28-26+/t45-,46-,47+,48-,49-,50+,51+,52+,53+,54+,55+,56+,57+,58-/m1/s1. The Bertz CT molecular complexity index is 2830. The van der Waals surface area contributed by atoms with Gasteiger partial charge in [-0.15, -0.1) is 0 Å². The van der Waals surface area contributed by atoms with Crippen molar-refractivity contribution >= 4 is 75.0 Å². The predicted octanol–water partition coefficient (Wildman–Crippen LogP) is 2.60. The van der Waals surface area contributed by atoms with Gasteiger partial charge in [0.15, 0.2) is 0 Å². The van der Waals surface area contributed by atoms with Gasteiger partial charge >= 0.3 is 0 Å². The molecule has 14 atom stereocenters. The van der Waals surface area contributed by atoms with Crippen LogP contribution >= 0.6 is 0 Å². The van der Waals surface area contributed by atoms with Crippen LogP contribution in [0.1, 0.15) is 163 Å². The van der Waals surface area contributed by atoms with Crippen molar-refractivity contribution in [1.82, 2.24) is 64.8 Å². The Morgan fingerprint density at radius 3 is 1.45 bits per heavy atom. The van der Waals surface area contributed by atoms with Crippen LogP contribution in [0, 0.1) is 41.4 Å². The fourth-order valence-electron chi connectivity index (χ4n) is 12.8. The second-order valence-corrected chi connectivity index (χ2v) is 31.4. The minimum atomic E-state index is -3.50. The van der Waals surface area contributed by atoms with E-state index in [4.69, 9.17) is 0 Å². The van der Waals surface area contributed by atoms with Crippen molar-refractivity contribution in [2.24, 2.45) is 41.4 Å².